The van der Waals surface area contributed by atoms with Crippen molar-refractivity contribution in [1.29, 1.82) is 0 Å². The topological polar surface area (TPSA) is 12.4 Å². The minimum Gasteiger partial charge on any atom is -0.269 e. The maximum Gasteiger partial charge on any atom is 0.0458 e. The fourth-order valence-corrected chi connectivity index (χ4v) is 1.32. The highest BCUT2D eigenvalue weighted by Crippen LogP contribution is 2.18. The SMILES string of the molecule is C=NC(=C)C(CC)SC. The summed E-state index contributed by atoms with van der Waals surface area (Å²) >= 11 is 1.77. The summed E-state index contributed by atoms with van der Waals surface area (Å²) in [5.41, 5.74) is 0.894. The van der Waals surface area contributed by atoms with Crippen LogP contribution in [0.4, 0.5) is 0 Å². The van der Waals surface area contributed by atoms with Crippen LogP contribution in [-0.2, 0) is 0 Å². The van der Waals surface area contributed by atoms with Crippen LogP contribution in [0.3, 0.4) is 0 Å². The van der Waals surface area contributed by atoms with Gasteiger partial charge in [0.15, 0.2) is 0 Å². The fourth-order valence-electron chi connectivity index (χ4n) is 0.640. The molecule has 0 bridgehead atoms. The summed E-state index contributed by atoms with van der Waals surface area (Å²) in [6.45, 7) is 9.30. The average molecular weight is 143 g/mol. The molecule has 0 saturated carbocycles. The van der Waals surface area contributed by atoms with Crippen molar-refractivity contribution in [3.63, 3.8) is 0 Å². The molecule has 1 unspecified atom stereocenters. The highest BCUT2D eigenvalue weighted by atomic mass is 32.2. The van der Waals surface area contributed by atoms with E-state index in [1.807, 2.05) is 0 Å². The summed E-state index contributed by atoms with van der Waals surface area (Å²) in [6, 6.07) is 0. The van der Waals surface area contributed by atoms with Crippen LogP contribution in [0.5, 0.6) is 0 Å². The first-order chi connectivity index (χ1) is 4.26. The lowest BCUT2D eigenvalue weighted by atomic mass is 10.3. The Labute approximate surface area is 61.3 Å². The Kier molecular flexibility index (Phi) is 4.50. The van der Waals surface area contributed by atoms with Crippen molar-refractivity contribution >= 4 is 18.5 Å². The molecule has 0 aromatic heterocycles. The lowest BCUT2D eigenvalue weighted by molar-refractivity contribution is 0.921. The molecule has 0 aliphatic carbocycles. The quantitative estimate of drug-likeness (QED) is 0.550. The highest BCUT2D eigenvalue weighted by molar-refractivity contribution is 7.99. The van der Waals surface area contributed by atoms with Gasteiger partial charge in [-0.15, -0.1) is 0 Å². The van der Waals surface area contributed by atoms with Gasteiger partial charge in [0.2, 0.25) is 0 Å². The largest absolute Gasteiger partial charge is 0.269 e. The number of hydrogen-bond donors (Lipinski definition) is 0. The Morgan fingerprint density at radius 2 is 2.33 bits per heavy atom. The zero-order chi connectivity index (χ0) is 7.28. The van der Waals surface area contributed by atoms with E-state index in [0.29, 0.717) is 5.25 Å². The van der Waals surface area contributed by atoms with Crippen LogP contribution < -0.4 is 0 Å². The minimum absolute atomic E-state index is 0.461. The first kappa shape index (κ1) is 8.76. The molecule has 0 aliphatic rings. The Bertz CT molecular complexity index is 105. The van der Waals surface area contributed by atoms with Gasteiger partial charge in [-0.2, -0.15) is 11.8 Å². The molecule has 0 aliphatic heterocycles. The van der Waals surface area contributed by atoms with Gasteiger partial charge in [-0.3, -0.25) is 4.99 Å². The molecule has 0 aromatic rings. The molecule has 0 saturated heterocycles. The van der Waals surface area contributed by atoms with Crippen molar-refractivity contribution in [3.8, 4) is 0 Å². The fraction of sp³-hybridized carbons (Fsp3) is 0.571. The molecule has 0 N–H and O–H groups in total. The second kappa shape index (κ2) is 4.62. The summed E-state index contributed by atoms with van der Waals surface area (Å²) in [5, 5.41) is 0.461. The van der Waals surface area contributed by atoms with E-state index in [2.05, 4.69) is 31.5 Å². The molecule has 1 atom stereocenters. The van der Waals surface area contributed by atoms with Gasteiger partial charge in [0.05, 0.1) is 0 Å². The van der Waals surface area contributed by atoms with E-state index < -0.39 is 0 Å². The molecule has 2 heteroatoms. The summed E-state index contributed by atoms with van der Waals surface area (Å²) in [5.74, 6) is 0. The smallest absolute Gasteiger partial charge is 0.0458 e. The van der Waals surface area contributed by atoms with Crippen LogP contribution in [0, 0.1) is 0 Å². The van der Waals surface area contributed by atoms with Crippen LogP contribution in [0.15, 0.2) is 17.3 Å². The standard InChI is InChI=1S/C7H13NS/c1-5-7(9-4)6(2)8-3/h7H,2-3,5H2,1,4H3. The molecular weight excluding hydrogens is 130 g/mol. The molecule has 9 heavy (non-hydrogen) atoms. The number of thioether (sulfide) groups is 1. The zero-order valence-corrected chi connectivity index (χ0v) is 6.87. The molecular formula is C7H13NS. The summed E-state index contributed by atoms with van der Waals surface area (Å²) in [6.07, 6.45) is 3.14. The van der Waals surface area contributed by atoms with E-state index in [1.165, 1.54) is 0 Å². The third-order valence-corrected chi connectivity index (χ3v) is 2.40. The van der Waals surface area contributed by atoms with Crippen molar-refractivity contribution in [2.45, 2.75) is 18.6 Å². The summed E-state index contributed by atoms with van der Waals surface area (Å²) in [7, 11) is 0. The van der Waals surface area contributed by atoms with Crippen molar-refractivity contribution < 1.29 is 0 Å². The van der Waals surface area contributed by atoms with E-state index >= 15 is 0 Å². The van der Waals surface area contributed by atoms with Gasteiger partial charge < -0.3 is 0 Å². The normalized spacial score (nSPS) is 12.7. The molecule has 0 heterocycles. The lowest BCUT2D eigenvalue weighted by Gasteiger charge is -2.09. The Hall–Kier alpha value is -0.240. The molecule has 0 radical (unpaired) electrons. The van der Waals surface area contributed by atoms with Crippen molar-refractivity contribution in [2.75, 3.05) is 6.26 Å². The summed E-state index contributed by atoms with van der Waals surface area (Å²) in [4.78, 5) is 3.77. The van der Waals surface area contributed by atoms with Gasteiger partial charge >= 0.3 is 0 Å². The van der Waals surface area contributed by atoms with Crippen LogP contribution in [0.1, 0.15) is 13.3 Å². The highest BCUT2D eigenvalue weighted by Gasteiger charge is 2.04. The van der Waals surface area contributed by atoms with Gasteiger partial charge in [-0.25, -0.2) is 0 Å². The number of nitrogens with zero attached hydrogens (tertiary/aromatic N) is 1. The zero-order valence-electron chi connectivity index (χ0n) is 6.05. The maximum absolute atomic E-state index is 3.77. The van der Waals surface area contributed by atoms with Gasteiger partial charge in [-0.05, 0) is 19.4 Å². The van der Waals surface area contributed by atoms with Crippen LogP contribution in [0.2, 0.25) is 0 Å². The maximum atomic E-state index is 3.77. The van der Waals surface area contributed by atoms with E-state index in [1.54, 1.807) is 11.8 Å². The van der Waals surface area contributed by atoms with Gasteiger partial charge in [0.1, 0.15) is 0 Å². The minimum atomic E-state index is 0.461. The lowest BCUT2D eigenvalue weighted by Crippen LogP contribution is -2.00. The van der Waals surface area contributed by atoms with E-state index in [9.17, 15) is 0 Å². The first-order valence-corrected chi connectivity index (χ1v) is 4.23. The first-order valence-electron chi connectivity index (χ1n) is 2.94. The predicted molar refractivity (Wildman–Crippen MR) is 46.3 cm³/mol. The van der Waals surface area contributed by atoms with E-state index in [4.69, 9.17) is 0 Å². The Morgan fingerprint density at radius 1 is 1.78 bits per heavy atom. The molecule has 0 rings (SSSR count). The monoisotopic (exact) mass is 143 g/mol. The third-order valence-electron chi connectivity index (χ3n) is 1.23. The Balaban J connectivity index is 3.78. The second-order valence-electron chi connectivity index (χ2n) is 1.78. The van der Waals surface area contributed by atoms with Crippen LogP contribution in [-0.4, -0.2) is 18.2 Å². The average Bonchev–Trinajstić information content (AvgIpc) is 1.90. The van der Waals surface area contributed by atoms with Crippen LogP contribution >= 0.6 is 11.8 Å². The molecule has 0 amide bonds. The second-order valence-corrected chi connectivity index (χ2v) is 2.82. The van der Waals surface area contributed by atoms with Crippen molar-refractivity contribution in [1.82, 2.24) is 0 Å². The molecule has 0 fully saturated rings. The number of aliphatic imine (C=N–C) groups is 1. The molecule has 0 aromatic carbocycles. The van der Waals surface area contributed by atoms with Gasteiger partial charge in [-0.1, -0.05) is 13.5 Å². The third kappa shape index (κ3) is 2.70. The molecule has 52 valence electrons. The van der Waals surface area contributed by atoms with Gasteiger partial charge in [0, 0.05) is 10.9 Å². The predicted octanol–water partition coefficient (Wildman–Crippen LogP) is 2.34. The Morgan fingerprint density at radius 3 is 2.44 bits per heavy atom. The molecule has 0 spiro atoms. The van der Waals surface area contributed by atoms with Crippen LogP contribution in [0.25, 0.3) is 0 Å². The number of hydrogen-bond acceptors (Lipinski definition) is 2. The number of rotatable bonds is 4. The van der Waals surface area contributed by atoms with E-state index in [-0.39, 0.29) is 0 Å². The summed E-state index contributed by atoms with van der Waals surface area (Å²) < 4.78 is 0. The van der Waals surface area contributed by atoms with Gasteiger partial charge in [0.25, 0.3) is 0 Å². The van der Waals surface area contributed by atoms with Crippen molar-refractivity contribution in [3.05, 3.63) is 12.3 Å². The molecule has 1 nitrogen and oxygen atoms in total. The van der Waals surface area contributed by atoms with Crippen molar-refractivity contribution in [2.24, 2.45) is 4.99 Å². The van der Waals surface area contributed by atoms with E-state index in [0.717, 1.165) is 12.1 Å².